The van der Waals surface area contributed by atoms with Gasteiger partial charge in [0.05, 0.1) is 10.9 Å². The summed E-state index contributed by atoms with van der Waals surface area (Å²) in [6, 6.07) is 0. The summed E-state index contributed by atoms with van der Waals surface area (Å²) >= 11 is 1.45. The van der Waals surface area contributed by atoms with Crippen molar-refractivity contribution in [3.05, 3.63) is 23.9 Å². The summed E-state index contributed by atoms with van der Waals surface area (Å²) in [5.41, 5.74) is -0.632. The van der Waals surface area contributed by atoms with Crippen LogP contribution >= 0.6 is 11.8 Å². The van der Waals surface area contributed by atoms with Gasteiger partial charge in [0.1, 0.15) is 0 Å². The zero-order valence-corrected chi connectivity index (χ0v) is 7.17. The maximum Gasteiger partial charge on any atom is 0.417 e. The van der Waals surface area contributed by atoms with Gasteiger partial charge in [0, 0.05) is 6.20 Å². The van der Waals surface area contributed by atoms with Gasteiger partial charge in [-0.15, -0.1) is 11.8 Å². The van der Waals surface area contributed by atoms with Gasteiger partial charge in [-0.1, -0.05) is 6.08 Å². The highest BCUT2D eigenvalue weighted by molar-refractivity contribution is 7.99. The Morgan fingerprint density at radius 3 is 2.50 bits per heavy atom. The van der Waals surface area contributed by atoms with Crippen molar-refractivity contribution in [1.82, 2.24) is 5.32 Å². The van der Waals surface area contributed by atoms with Crippen LogP contribution in [-0.2, 0) is 0 Å². The van der Waals surface area contributed by atoms with Gasteiger partial charge < -0.3 is 5.32 Å². The molecule has 1 atom stereocenters. The third-order valence-corrected chi connectivity index (χ3v) is 2.24. The van der Waals surface area contributed by atoms with Crippen LogP contribution in [0, 0.1) is 0 Å². The lowest BCUT2D eigenvalue weighted by Crippen LogP contribution is -2.25. The number of hydrogen-bond donors (Lipinski definition) is 1. The first-order chi connectivity index (χ1) is 5.54. The van der Waals surface area contributed by atoms with Gasteiger partial charge in [0.15, 0.2) is 0 Å². The zero-order valence-electron chi connectivity index (χ0n) is 6.35. The fourth-order valence-electron chi connectivity index (χ4n) is 0.790. The molecule has 0 saturated carbocycles. The summed E-state index contributed by atoms with van der Waals surface area (Å²) in [6.07, 6.45) is 1.17. The lowest BCUT2D eigenvalue weighted by molar-refractivity contribution is -0.0887. The first-order valence-corrected chi connectivity index (χ1v) is 4.57. The third-order valence-electron chi connectivity index (χ3n) is 1.43. The van der Waals surface area contributed by atoms with E-state index in [0.717, 1.165) is 12.3 Å². The van der Waals surface area contributed by atoms with Crippen LogP contribution in [0.1, 0.15) is 0 Å². The molecule has 1 nitrogen and oxygen atoms in total. The van der Waals surface area contributed by atoms with Crippen molar-refractivity contribution < 1.29 is 13.2 Å². The van der Waals surface area contributed by atoms with E-state index in [9.17, 15) is 13.2 Å². The van der Waals surface area contributed by atoms with Crippen LogP contribution in [0.25, 0.3) is 0 Å². The molecular weight excluding hydrogens is 187 g/mol. The van der Waals surface area contributed by atoms with Crippen LogP contribution in [0.4, 0.5) is 13.2 Å². The molecular formula is C7H8F3NS. The maximum absolute atomic E-state index is 12.0. The molecule has 1 N–H and O–H groups in total. The van der Waals surface area contributed by atoms with E-state index in [1.54, 1.807) is 0 Å². The second-order valence-corrected chi connectivity index (χ2v) is 3.26. The van der Waals surface area contributed by atoms with E-state index in [2.05, 4.69) is 5.32 Å². The second-order valence-electron chi connectivity index (χ2n) is 2.28. The molecule has 1 unspecified atom stereocenters. The van der Waals surface area contributed by atoms with Gasteiger partial charge in [-0.25, -0.2) is 0 Å². The number of halogens is 3. The highest BCUT2D eigenvalue weighted by Crippen LogP contribution is 2.28. The van der Waals surface area contributed by atoms with E-state index in [4.69, 9.17) is 0 Å². The van der Waals surface area contributed by atoms with Crippen molar-refractivity contribution in [1.29, 1.82) is 0 Å². The quantitative estimate of drug-likeness (QED) is 0.689. The molecule has 0 radical (unpaired) electrons. The smallest absolute Gasteiger partial charge is 0.375 e. The minimum atomic E-state index is -4.24. The van der Waals surface area contributed by atoms with Crippen molar-refractivity contribution in [3.63, 3.8) is 0 Å². The van der Waals surface area contributed by atoms with Crippen molar-refractivity contribution in [2.75, 3.05) is 6.26 Å². The number of dihydropyridines is 1. The highest BCUT2D eigenvalue weighted by Gasteiger charge is 2.32. The van der Waals surface area contributed by atoms with Gasteiger partial charge in [0.25, 0.3) is 0 Å². The molecule has 0 bridgehead atoms. The fourth-order valence-corrected chi connectivity index (χ4v) is 1.23. The summed E-state index contributed by atoms with van der Waals surface area (Å²) < 4.78 is 36.0. The Hall–Kier alpha value is -0.580. The number of allylic oxidation sites excluding steroid dienone is 2. The Bertz CT molecular complexity index is 219. The molecule has 1 aliphatic rings. The van der Waals surface area contributed by atoms with Crippen molar-refractivity contribution in [2.24, 2.45) is 0 Å². The van der Waals surface area contributed by atoms with Crippen molar-refractivity contribution in [2.45, 2.75) is 11.6 Å². The van der Waals surface area contributed by atoms with Crippen LogP contribution in [0.15, 0.2) is 23.9 Å². The Morgan fingerprint density at radius 2 is 2.17 bits per heavy atom. The van der Waals surface area contributed by atoms with E-state index >= 15 is 0 Å². The Morgan fingerprint density at radius 1 is 1.50 bits per heavy atom. The molecule has 0 amide bonds. The summed E-state index contributed by atoms with van der Waals surface area (Å²) in [4.78, 5) is 0. The number of thioether (sulfide) groups is 1. The van der Waals surface area contributed by atoms with Gasteiger partial charge in [0.2, 0.25) is 0 Å². The van der Waals surface area contributed by atoms with Crippen LogP contribution in [-0.4, -0.2) is 17.8 Å². The second kappa shape index (κ2) is 3.43. The van der Waals surface area contributed by atoms with E-state index in [1.165, 1.54) is 17.8 Å². The number of nitrogens with one attached hydrogen (secondary N) is 1. The molecule has 5 heteroatoms. The molecule has 0 saturated heterocycles. The number of rotatable bonds is 1. The van der Waals surface area contributed by atoms with Crippen molar-refractivity contribution in [3.8, 4) is 0 Å². The largest absolute Gasteiger partial charge is 0.417 e. The number of hydrogen-bond acceptors (Lipinski definition) is 2. The summed E-state index contributed by atoms with van der Waals surface area (Å²) in [5, 5.41) is 2.57. The van der Waals surface area contributed by atoms with Gasteiger partial charge >= 0.3 is 6.18 Å². The molecule has 0 aliphatic carbocycles. The minimum Gasteiger partial charge on any atom is -0.375 e. The van der Waals surface area contributed by atoms with Gasteiger partial charge in [-0.05, 0) is 12.3 Å². The lowest BCUT2D eigenvalue weighted by Gasteiger charge is -2.17. The normalized spacial score (nSPS) is 23.3. The van der Waals surface area contributed by atoms with Gasteiger partial charge in [-0.2, -0.15) is 13.2 Å². The van der Waals surface area contributed by atoms with Crippen LogP contribution in [0.3, 0.4) is 0 Å². The lowest BCUT2D eigenvalue weighted by atomic mass is 10.2. The van der Waals surface area contributed by atoms with Crippen LogP contribution < -0.4 is 5.32 Å². The molecule has 0 aromatic carbocycles. The average Bonchev–Trinajstić information content (AvgIpc) is 2.03. The van der Waals surface area contributed by atoms with Crippen molar-refractivity contribution >= 4 is 11.8 Å². The first-order valence-electron chi connectivity index (χ1n) is 3.28. The Balaban J connectivity index is 2.64. The molecule has 0 spiro atoms. The topological polar surface area (TPSA) is 12.0 Å². The highest BCUT2D eigenvalue weighted by atomic mass is 32.2. The predicted molar refractivity (Wildman–Crippen MR) is 43.7 cm³/mol. The van der Waals surface area contributed by atoms with Crippen LogP contribution in [0.5, 0.6) is 0 Å². The van der Waals surface area contributed by atoms with E-state index in [0.29, 0.717) is 0 Å². The van der Waals surface area contributed by atoms with E-state index in [-0.39, 0.29) is 5.37 Å². The SMILES string of the molecule is CSC1C=CC(C(F)(F)F)=CN1. The average molecular weight is 195 g/mol. The molecule has 68 valence electrons. The Labute approximate surface area is 72.7 Å². The maximum atomic E-state index is 12.0. The summed E-state index contributed by atoms with van der Waals surface area (Å²) in [6.45, 7) is 0. The van der Waals surface area contributed by atoms with Crippen LogP contribution in [0.2, 0.25) is 0 Å². The first kappa shape index (κ1) is 9.51. The third kappa shape index (κ3) is 2.20. The zero-order chi connectivity index (χ0) is 9.19. The standard InChI is InChI=1S/C7H8F3NS/c1-12-6-3-2-5(4-11-6)7(8,9)10/h2-4,6,11H,1H3. The molecule has 1 rings (SSSR count). The molecule has 12 heavy (non-hydrogen) atoms. The molecule has 0 aromatic heterocycles. The van der Waals surface area contributed by atoms with Gasteiger partial charge in [-0.3, -0.25) is 0 Å². The molecule has 1 aliphatic heterocycles. The molecule has 0 aromatic rings. The number of alkyl halides is 3. The molecule has 0 fully saturated rings. The predicted octanol–water partition coefficient (Wildman–Crippen LogP) is 2.28. The fraction of sp³-hybridized carbons (Fsp3) is 0.429. The minimum absolute atomic E-state index is 0.0453. The summed E-state index contributed by atoms with van der Waals surface area (Å²) in [7, 11) is 0. The monoisotopic (exact) mass is 195 g/mol. The summed E-state index contributed by atoms with van der Waals surface area (Å²) in [5.74, 6) is 0. The van der Waals surface area contributed by atoms with E-state index < -0.39 is 11.7 Å². The molecule has 1 heterocycles. The van der Waals surface area contributed by atoms with E-state index in [1.807, 2.05) is 6.26 Å². The Kier molecular flexibility index (Phi) is 2.72.